The van der Waals surface area contributed by atoms with Crippen LogP contribution in [0.25, 0.3) is 0 Å². The zero-order valence-corrected chi connectivity index (χ0v) is 11.8. The number of hydrogen-bond donors (Lipinski definition) is 1. The number of carbonyl (C=O) groups is 1. The van der Waals surface area contributed by atoms with Gasteiger partial charge in [-0.15, -0.1) is 11.3 Å². The molecule has 0 atom stereocenters. The van der Waals surface area contributed by atoms with Crippen molar-refractivity contribution in [2.45, 2.75) is 20.4 Å². The Kier molecular flexibility index (Phi) is 2.98. The molecule has 0 spiro atoms. The Morgan fingerprint density at radius 3 is 2.89 bits per heavy atom. The molecule has 0 unspecified atom stereocenters. The van der Waals surface area contributed by atoms with Crippen LogP contribution < -0.4 is 10.2 Å². The van der Waals surface area contributed by atoms with E-state index in [4.69, 9.17) is 0 Å². The summed E-state index contributed by atoms with van der Waals surface area (Å²) in [5.41, 5.74) is 2.99. The standard InChI is InChI=1S/C14H15N3OS/c1-9-10(2)19-13(16-9)8-17-12-6-4-3-5-11(12)15-7-14(17)18/h3-6,15H,7-8H2,1-2H3. The maximum atomic E-state index is 12.1. The van der Waals surface area contributed by atoms with Gasteiger partial charge < -0.3 is 10.2 Å². The molecule has 1 N–H and O–H groups in total. The molecule has 0 aliphatic carbocycles. The molecule has 1 aliphatic rings. The first-order chi connectivity index (χ1) is 9.15. The average Bonchev–Trinajstić information content (AvgIpc) is 2.72. The second-order valence-electron chi connectivity index (χ2n) is 4.60. The van der Waals surface area contributed by atoms with Crippen LogP contribution in [0.1, 0.15) is 15.6 Å². The highest BCUT2D eigenvalue weighted by Crippen LogP contribution is 2.31. The average molecular weight is 273 g/mol. The third-order valence-electron chi connectivity index (χ3n) is 3.29. The van der Waals surface area contributed by atoms with E-state index in [1.807, 2.05) is 36.1 Å². The van der Waals surface area contributed by atoms with Gasteiger partial charge in [-0.2, -0.15) is 0 Å². The molecule has 0 radical (unpaired) electrons. The number of amides is 1. The Balaban J connectivity index is 1.93. The van der Waals surface area contributed by atoms with Gasteiger partial charge in [-0.05, 0) is 26.0 Å². The van der Waals surface area contributed by atoms with Crippen molar-refractivity contribution in [3.05, 3.63) is 39.8 Å². The summed E-state index contributed by atoms with van der Waals surface area (Å²) >= 11 is 1.66. The highest BCUT2D eigenvalue weighted by molar-refractivity contribution is 7.11. The van der Waals surface area contributed by atoms with E-state index < -0.39 is 0 Å². The molecule has 1 aromatic heterocycles. The predicted molar refractivity (Wildman–Crippen MR) is 77.7 cm³/mol. The Labute approximate surface area is 116 Å². The zero-order chi connectivity index (χ0) is 13.4. The van der Waals surface area contributed by atoms with Crippen LogP contribution in [0.5, 0.6) is 0 Å². The molecule has 1 aliphatic heterocycles. The Bertz CT molecular complexity index is 616. The summed E-state index contributed by atoms with van der Waals surface area (Å²) in [6.07, 6.45) is 0. The van der Waals surface area contributed by atoms with Crippen molar-refractivity contribution in [1.29, 1.82) is 0 Å². The molecule has 19 heavy (non-hydrogen) atoms. The smallest absolute Gasteiger partial charge is 0.246 e. The summed E-state index contributed by atoms with van der Waals surface area (Å²) in [6, 6.07) is 7.88. The number of fused-ring (bicyclic) bond motifs is 1. The minimum Gasteiger partial charge on any atom is -0.374 e. The summed E-state index contributed by atoms with van der Waals surface area (Å²) in [5.74, 6) is 0.0872. The minimum atomic E-state index is 0.0872. The topological polar surface area (TPSA) is 45.2 Å². The molecule has 2 heterocycles. The third kappa shape index (κ3) is 2.21. The molecule has 0 fully saturated rings. The van der Waals surface area contributed by atoms with E-state index in [0.717, 1.165) is 22.1 Å². The van der Waals surface area contributed by atoms with E-state index >= 15 is 0 Å². The van der Waals surface area contributed by atoms with Crippen LogP contribution in [0, 0.1) is 13.8 Å². The van der Waals surface area contributed by atoms with Crippen LogP contribution in [0.3, 0.4) is 0 Å². The van der Waals surface area contributed by atoms with Crippen molar-refractivity contribution in [3.63, 3.8) is 0 Å². The van der Waals surface area contributed by atoms with Gasteiger partial charge in [0.05, 0.1) is 30.2 Å². The van der Waals surface area contributed by atoms with Crippen LogP contribution >= 0.6 is 11.3 Å². The molecule has 1 aromatic carbocycles. The van der Waals surface area contributed by atoms with Crippen LogP contribution in [0.4, 0.5) is 11.4 Å². The molecule has 5 heteroatoms. The Hall–Kier alpha value is -1.88. The molecule has 2 aromatic rings. The largest absolute Gasteiger partial charge is 0.374 e. The minimum absolute atomic E-state index is 0.0872. The number of nitrogens with one attached hydrogen (secondary N) is 1. The molecule has 1 amide bonds. The van der Waals surface area contributed by atoms with Gasteiger partial charge in [-0.25, -0.2) is 4.98 Å². The van der Waals surface area contributed by atoms with Gasteiger partial charge in [0.15, 0.2) is 0 Å². The molecular formula is C14H15N3OS. The molecule has 0 saturated carbocycles. The van der Waals surface area contributed by atoms with E-state index in [1.54, 1.807) is 11.3 Å². The first-order valence-electron chi connectivity index (χ1n) is 6.21. The van der Waals surface area contributed by atoms with E-state index in [1.165, 1.54) is 4.88 Å². The first-order valence-corrected chi connectivity index (χ1v) is 7.03. The van der Waals surface area contributed by atoms with E-state index in [0.29, 0.717) is 13.1 Å². The number of benzene rings is 1. The summed E-state index contributed by atoms with van der Waals surface area (Å²) in [4.78, 5) is 19.6. The second kappa shape index (κ2) is 4.66. The summed E-state index contributed by atoms with van der Waals surface area (Å²) in [5, 5.41) is 4.12. The lowest BCUT2D eigenvalue weighted by molar-refractivity contribution is -0.117. The van der Waals surface area contributed by atoms with Crippen molar-refractivity contribution in [3.8, 4) is 0 Å². The number of carbonyl (C=O) groups excluding carboxylic acids is 1. The van der Waals surface area contributed by atoms with Crippen molar-refractivity contribution >= 4 is 28.6 Å². The summed E-state index contributed by atoms with van der Waals surface area (Å²) in [6.45, 7) is 4.96. The molecular weight excluding hydrogens is 258 g/mol. The number of aryl methyl sites for hydroxylation is 2. The second-order valence-corrected chi connectivity index (χ2v) is 5.89. The van der Waals surface area contributed by atoms with Gasteiger partial charge in [0.25, 0.3) is 0 Å². The number of thiazole rings is 1. The number of anilines is 2. The summed E-state index contributed by atoms with van der Waals surface area (Å²) < 4.78 is 0. The van der Waals surface area contributed by atoms with E-state index in [-0.39, 0.29) is 5.91 Å². The van der Waals surface area contributed by atoms with E-state index in [2.05, 4.69) is 17.2 Å². The van der Waals surface area contributed by atoms with Crippen LogP contribution in [0.2, 0.25) is 0 Å². The molecule has 98 valence electrons. The number of hydrogen-bond acceptors (Lipinski definition) is 4. The highest BCUT2D eigenvalue weighted by atomic mass is 32.1. The van der Waals surface area contributed by atoms with Gasteiger partial charge in [0, 0.05) is 4.88 Å². The molecule has 3 rings (SSSR count). The van der Waals surface area contributed by atoms with Gasteiger partial charge in [0.2, 0.25) is 5.91 Å². The Morgan fingerprint density at radius 1 is 1.37 bits per heavy atom. The fourth-order valence-electron chi connectivity index (χ4n) is 2.17. The summed E-state index contributed by atoms with van der Waals surface area (Å²) in [7, 11) is 0. The quantitative estimate of drug-likeness (QED) is 0.915. The third-order valence-corrected chi connectivity index (χ3v) is 4.35. The maximum Gasteiger partial charge on any atom is 0.246 e. The monoisotopic (exact) mass is 273 g/mol. The maximum absolute atomic E-state index is 12.1. The van der Waals surface area contributed by atoms with E-state index in [9.17, 15) is 4.79 Å². The fraction of sp³-hybridized carbons (Fsp3) is 0.286. The lowest BCUT2D eigenvalue weighted by Gasteiger charge is -2.29. The number of nitrogens with zero attached hydrogens (tertiary/aromatic N) is 2. The lowest BCUT2D eigenvalue weighted by Crippen LogP contribution is -2.39. The number of para-hydroxylation sites is 2. The van der Waals surface area contributed by atoms with Crippen molar-refractivity contribution in [2.75, 3.05) is 16.8 Å². The molecule has 0 bridgehead atoms. The number of rotatable bonds is 2. The predicted octanol–water partition coefficient (Wildman–Crippen LogP) is 2.72. The van der Waals surface area contributed by atoms with Crippen molar-refractivity contribution in [1.82, 2.24) is 4.98 Å². The SMILES string of the molecule is Cc1nc(CN2C(=O)CNc3ccccc32)sc1C. The lowest BCUT2D eigenvalue weighted by atomic mass is 10.2. The molecule has 4 nitrogen and oxygen atoms in total. The first kappa shape index (κ1) is 12.2. The Morgan fingerprint density at radius 2 is 2.16 bits per heavy atom. The normalized spacial score (nSPS) is 14.2. The molecule has 0 saturated heterocycles. The fourth-order valence-corrected chi connectivity index (χ4v) is 3.10. The van der Waals surface area contributed by atoms with Crippen molar-refractivity contribution in [2.24, 2.45) is 0 Å². The van der Waals surface area contributed by atoms with Crippen LogP contribution in [-0.4, -0.2) is 17.4 Å². The van der Waals surface area contributed by atoms with Gasteiger partial charge >= 0.3 is 0 Å². The van der Waals surface area contributed by atoms with Crippen molar-refractivity contribution < 1.29 is 4.79 Å². The number of aromatic nitrogens is 1. The van der Waals surface area contributed by atoms with Crippen LogP contribution in [-0.2, 0) is 11.3 Å². The van der Waals surface area contributed by atoms with Gasteiger partial charge in [-0.1, -0.05) is 12.1 Å². The zero-order valence-electron chi connectivity index (χ0n) is 10.9. The van der Waals surface area contributed by atoms with Gasteiger partial charge in [-0.3, -0.25) is 4.79 Å². The highest BCUT2D eigenvalue weighted by Gasteiger charge is 2.24. The van der Waals surface area contributed by atoms with Crippen LogP contribution in [0.15, 0.2) is 24.3 Å². The van der Waals surface area contributed by atoms with Gasteiger partial charge in [0.1, 0.15) is 5.01 Å².